The number of allylic oxidation sites excluding steroid dienone is 4. The predicted molar refractivity (Wildman–Crippen MR) is 175 cm³/mol. The molecule has 0 aliphatic heterocycles. The zero-order valence-electron chi connectivity index (χ0n) is 24.8. The van der Waals surface area contributed by atoms with Crippen molar-refractivity contribution < 1.29 is 37.6 Å². The van der Waals surface area contributed by atoms with Crippen molar-refractivity contribution >= 4 is 61.5 Å². The second kappa shape index (κ2) is 15.4. The van der Waals surface area contributed by atoms with Gasteiger partial charge in [0.1, 0.15) is 0 Å². The predicted octanol–water partition coefficient (Wildman–Crippen LogP) is 10.1. The van der Waals surface area contributed by atoms with Crippen LogP contribution in [-0.2, 0) is 18.2 Å². The Hall–Kier alpha value is -2.96. The van der Waals surface area contributed by atoms with Gasteiger partial charge < -0.3 is 18.8 Å². The molecule has 8 nitrogen and oxygen atoms in total. The van der Waals surface area contributed by atoms with Gasteiger partial charge >= 0.3 is 27.1 Å². The number of benzene rings is 3. The Bertz CT molecular complexity index is 1590. The molecule has 0 spiro atoms. The zero-order valence-corrected chi connectivity index (χ0v) is 28.1. The van der Waals surface area contributed by atoms with Crippen molar-refractivity contribution in [1.82, 2.24) is 0 Å². The molecule has 3 aromatic carbocycles. The van der Waals surface area contributed by atoms with E-state index in [4.69, 9.17) is 32.2 Å². The van der Waals surface area contributed by atoms with E-state index in [-0.39, 0.29) is 23.5 Å². The number of halogens is 2. The fourth-order valence-electron chi connectivity index (χ4n) is 4.94. The van der Waals surface area contributed by atoms with E-state index < -0.39 is 38.3 Å². The molecule has 3 aromatic rings. The van der Waals surface area contributed by atoms with Gasteiger partial charge in [0.25, 0.3) is 0 Å². The molecule has 0 aliphatic carbocycles. The summed E-state index contributed by atoms with van der Waals surface area (Å²) in [6.07, 6.45) is 0.879. The molecule has 3 rings (SSSR count). The molecule has 0 fully saturated rings. The summed E-state index contributed by atoms with van der Waals surface area (Å²) in [5, 5.41) is 0.895. The Kier molecular flexibility index (Phi) is 12.4. The summed E-state index contributed by atoms with van der Waals surface area (Å²) in [5.74, 6) is -2.55. The summed E-state index contributed by atoms with van der Waals surface area (Å²) < 4.78 is 37.3. The van der Waals surface area contributed by atoms with Crippen LogP contribution < -0.4 is 0 Å². The first-order valence-corrected chi connectivity index (χ1v) is 17.9. The Labute approximate surface area is 267 Å². The minimum atomic E-state index is -4.73. The van der Waals surface area contributed by atoms with Gasteiger partial charge in [0.2, 0.25) is 0 Å². The van der Waals surface area contributed by atoms with Crippen molar-refractivity contribution in [3.05, 3.63) is 116 Å². The van der Waals surface area contributed by atoms with Crippen LogP contribution in [0.2, 0.25) is 10.0 Å². The summed E-state index contributed by atoms with van der Waals surface area (Å²) in [4.78, 5) is 48.5. The van der Waals surface area contributed by atoms with E-state index in [1.54, 1.807) is 76.2 Å². The Morgan fingerprint density at radius 3 is 1.27 bits per heavy atom. The van der Waals surface area contributed by atoms with Gasteiger partial charge in [-0.3, -0.25) is 0 Å². The monoisotopic (exact) mass is 678 g/mol. The summed E-state index contributed by atoms with van der Waals surface area (Å²) in [6, 6.07) is 18.7. The summed E-state index contributed by atoms with van der Waals surface area (Å²) >= 11 is 12.3. The molecule has 2 N–H and O–H groups in total. The summed E-state index contributed by atoms with van der Waals surface area (Å²) in [5.41, 5.74) is 1.38. The topological polar surface area (TPSA) is 127 Å². The largest absolute Gasteiger partial charge is 0.406 e. The first kappa shape index (κ1) is 35.5. The van der Waals surface area contributed by atoms with Gasteiger partial charge in [0.15, 0.2) is 0 Å². The van der Waals surface area contributed by atoms with Crippen molar-refractivity contribution in [3.8, 4) is 0 Å². The molecular weight excluding hydrogens is 645 g/mol. The highest BCUT2D eigenvalue weighted by molar-refractivity contribution is 7.58. The highest BCUT2D eigenvalue weighted by Gasteiger charge is 2.36. The molecule has 0 heterocycles. The van der Waals surface area contributed by atoms with Crippen LogP contribution in [0.25, 0.3) is 11.1 Å². The molecule has 0 saturated carbocycles. The molecule has 0 bridgehead atoms. The van der Waals surface area contributed by atoms with Crippen molar-refractivity contribution in [2.45, 2.75) is 53.4 Å². The molecule has 0 aliphatic rings. The van der Waals surface area contributed by atoms with Crippen LogP contribution in [0.5, 0.6) is 0 Å². The average Bonchev–Trinajstić information content (AvgIpc) is 2.97. The maximum Gasteiger partial charge on any atom is 0.406 e. The number of hydrogen-bond acceptors (Lipinski definition) is 6. The van der Waals surface area contributed by atoms with Gasteiger partial charge in [-0.2, -0.15) is 0 Å². The Morgan fingerprint density at radius 2 is 0.977 bits per heavy atom. The van der Waals surface area contributed by atoms with Crippen molar-refractivity contribution in [3.63, 3.8) is 0 Å². The van der Waals surface area contributed by atoms with Gasteiger partial charge in [-0.1, -0.05) is 87.3 Å². The van der Waals surface area contributed by atoms with E-state index >= 15 is 0 Å². The molecule has 0 saturated heterocycles. The van der Waals surface area contributed by atoms with Crippen LogP contribution in [0.1, 0.15) is 85.2 Å². The number of rotatable bonds is 12. The lowest BCUT2D eigenvalue weighted by molar-refractivity contribution is 0.0674. The van der Waals surface area contributed by atoms with E-state index in [0.29, 0.717) is 45.2 Å². The van der Waals surface area contributed by atoms with Crippen LogP contribution >= 0.6 is 38.4 Å². The van der Waals surface area contributed by atoms with Gasteiger partial charge in [-0.05, 0) is 84.4 Å². The fourth-order valence-corrected chi connectivity index (χ4v) is 8.24. The third-order valence-corrected chi connectivity index (χ3v) is 10.7. The molecule has 0 amide bonds. The van der Waals surface area contributed by atoms with E-state index in [2.05, 4.69) is 0 Å². The quantitative estimate of drug-likeness (QED) is 0.181. The zero-order chi connectivity index (χ0) is 32.7. The molecule has 44 heavy (non-hydrogen) atoms. The molecule has 234 valence electrons. The van der Waals surface area contributed by atoms with Crippen molar-refractivity contribution in [2.24, 2.45) is 0 Å². The molecule has 0 radical (unpaired) electrons. The average molecular weight is 679 g/mol. The highest BCUT2D eigenvalue weighted by atomic mass is 35.5. The van der Waals surface area contributed by atoms with Gasteiger partial charge in [-0.15, -0.1) is 0 Å². The smallest absolute Gasteiger partial charge is 0.385 e. The molecule has 2 unspecified atom stereocenters. The lowest BCUT2D eigenvalue weighted by atomic mass is 10.0. The molecule has 12 heteroatoms. The lowest BCUT2D eigenvalue weighted by Crippen LogP contribution is -2.14. The third kappa shape index (κ3) is 8.39. The normalized spacial score (nSPS) is 15.3. The first-order valence-electron chi connectivity index (χ1n) is 14.0. The molecule has 2 atom stereocenters. The Morgan fingerprint density at radius 1 is 0.614 bits per heavy atom. The van der Waals surface area contributed by atoms with Crippen LogP contribution in [0.3, 0.4) is 0 Å². The molecule has 0 aromatic heterocycles. The van der Waals surface area contributed by atoms with Crippen LogP contribution in [0.4, 0.5) is 0 Å². The maximum atomic E-state index is 13.5. The minimum Gasteiger partial charge on any atom is -0.385 e. The lowest BCUT2D eigenvalue weighted by Gasteiger charge is -2.20. The SMILES string of the molecule is CCC(=C(CC)P(=O)(O)OC(=O)c1ccccc1C(=O)OP(=O)(O)C(CC)=C(CC)c1cccc(Cl)c1)c1cccc(Cl)c1. The van der Waals surface area contributed by atoms with E-state index in [0.717, 1.165) is 0 Å². The van der Waals surface area contributed by atoms with E-state index in [1.807, 2.05) is 0 Å². The second-order valence-corrected chi connectivity index (χ2v) is 14.0. The van der Waals surface area contributed by atoms with Gasteiger partial charge in [0, 0.05) is 10.0 Å². The van der Waals surface area contributed by atoms with E-state index in [9.17, 15) is 28.5 Å². The van der Waals surface area contributed by atoms with Crippen LogP contribution in [0, 0.1) is 0 Å². The number of carbonyl (C=O) groups is 2. The summed E-state index contributed by atoms with van der Waals surface area (Å²) in [6.45, 7) is 6.90. The standard InChI is InChI=1S/C32H34Cl2O8P2/c1-5-25(21-13-11-15-23(33)19-21)29(7-3)43(37,38)41-31(35)27-17-9-10-18-28(27)32(36)42-44(39,40)30(8-4)26(6-2)22-14-12-16-24(34)20-22/h9-20H,5-8H2,1-4H3,(H,37,38)(H,39,40). The van der Waals surface area contributed by atoms with Gasteiger partial charge in [-0.25, -0.2) is 18.7 Å². The van der Waals surface area contributed by atoms with Crippen LogP contribution in [0.15, 0.2) is 83.4 Å². The highest BCUT2D eigenvalue weighted by Crippen LogP contribution is 2.57. The van der Waals surface area contributed by atoms with Gasteiger partial charge in [0.05, 0.1) is 21.8 Å². The first-order chi connectivity index (χ1) is 20.8. The van der Waals surface area contributed by atoms with Crippen molar-refractivity contribution in [1.29, 1.82) is 0 Å². The maximum absolute atomic E-state index is 13.5. The third-order valence-electron chi connectivity index (χ3n) is 6.88. The molecular formula is C32H34Cl2O8P2. The van der Waals surface area contributed by atoms with Crippen LogP contribution in [-0.4, -0.2) is 21.7 Å². The van der Waals surface area contributed by atoms with Crippen molar-refractivity contribution in [2.75, 3.05) is 0 Å². The Balaban J connectivity index is 1.97. The second-order valence-electron chi connectivity index (χ2n) is 9.63. The fraction of sp³-hybridized carbons (Fsp3) is 0.250. The number of hydrogen-bond donors (Lipinski definition) is 2. The summed E-state index contributed by atoms with van der Waals surface area (Å²) in [7, 11) is -9.46. The number of carbonyl (C=O) groups excluding carboxylic acids is 2. The minimum absolute atomic E-state index is 0.0152. The van der Waals surface area contributed by atoms with E-state index in [1.165, 1.54) is 24.3 Å².